The zero-order valence-electron chi connectivity index (χ0n) is 10.2. The molecule has 0 bridgehead atoms. The van der Waals surface area contributed by atoms with Gasteiger partial charge in [0.2, 0.25) is 0 Å². The van der Waals surface area contributed by atoms with Crippen molar-refractivity contribution in [3.8, 4) is 10.7 Å². The van der Waals surface area contributed by atoms with Gasteiger partial charge < -0.3 is 5.11 Å². The van der Waals surface area contributed by atoms with Crippen LogP contribution in [0.3, 0.4) is 0 Å². The Hall–Kier alpha value is -1.79. The number of benzene rings is 1. The average molecular weight is 349 g/mol. The van der Waals surface area contributed by atoms with Crippen LogP contribution in [0, 0.1) is 0 Å². The van der Waals surface area contributed by atoms with E-state index in [1.54, 1.807) is 5.38 Å². The maximum Gasteiger partial charge on any atom is 0.309 e. The Balaban J connectivity index is 2.07. The predicted octanol–water partition coefficient (Wildman–Crippen LogP) is 3.75. The second-order valence-corrected chi connectivity index (χ2v) is 5.94. The molecule has 1 aromatic carbocycles. The van der Waals surface area contributed by atoms with Crippen LogP contribution >= 0.6 is 27.3 Å². The minimum atomic E-state index is -0.882. The molecule has 3 rings (SSSR count). The Morgan fingerprint density at radius 1 is 1.30 bits per heavy atom. The monoisotopic (exact) mass is 348 g/mol. The molecular formula is C14H9BrN2O2S. The van der Waals surface area contributed by atoms with Gasteiger partial charge in [-0.1, -0.05) is 18.2 Å². The van der Waals surface area contributed by atoms with E-state index in [4.69, 9.17) is 5.11 Å². The predicted molar refractivity (Wildman–Crippen MR) is 81.9 cm³/mol. The number of halogens is 1. The van der Waals surface area contributed by atoms with Crippen molar-refractivity contribution < 1.29 is 9.90 Å². The topological polar surface area (TPSA) is 63.1 Å². The summed E-state index contributed by atoms with van der Waals surface area (Å²) in [4.78, 5) is 19.6. The molecule has 0 aliphatic carbocycles. The van der Waals surface area contributed by atoms with Crippen molar-refractivity contribution in [2.75, 3.05) is 0 Å². The molecule has 2 aromatic heterocycles. The highest BCUT2D eigenvalue weighted by molar-refractivity contribution is 9.10. The van der Waals surface area contributed by atoms with E-state index in [2.05, 4.69) is 25.9 Å². The van der Waals surface area contributed by atoms with E-state index >= 15 is 0 Å². The summed E-state index contributed by atoms with van der Waals surface area (Å²) in [6.07, 6.45) is -0.0678. The number of rotatable bonds is 3. The number of nitrogens with zero attached hydrogens (tertiary/aromatic N) is 2. The molecule has 0 aliphatic heterocycles. The highest BCUT2D eigenvalue weighted by atomic mass is 79.9. The molecule has 100 valence electrons. The number of aliphatic carboxylic acids is 1. The highest BCUT2D eigenvalue weighted by Crippen LogP contribution is 2.31. The van der Waals surface area contributed by atoms with Gasteiger partial charge in [0.05, 0.1) is 17.6 Å². The standard InChI is InChI=1S/C14H9BrN2O2S/c15-10-5-8-3-1-2-4-11(8)17-13(10)14-16-9(7-20-14)6-12(18)19/h1-5,7H,6H2,(H,18,19). The molecule has 0 fully saturated rings. The van der Waals surface area contributed by atoms with Gasteiger partial charge in [0.25, 0.3) is 0 Å². The fraction of sp³-hybridized carbons (Fsp3) is 0.0714. The van der Waals surface area contributed by atoms with Gasteiger partial charge in [0.15, 0.2) is 0 Å². The molecule has 0 atom stereocenters. The smallest absolute Gasteiger partial charge is 0.309 e. The molecule has 4 nitrogen and oxygen atoms in total. The Labute approximate surface area is 127 Å². The maximum atomic E-state index is 10.7. The molecule has 0 radical (unpaired) electrons. The van der Waals surface area contributed by atoms with Gasteiger partial charge >= 0.3 is 5.97 Å². The molecule has 0 saturated carbocycles. The number of pyridine rings is 1. The lowest BCUT2D eigenvalue weighted by molar-refractivity contribution is -0.136. The summed E-state index contributed by atoms with van der Waals surface area (Å²) in [5, 5.41) is 12.3. The second kappa shape index (κ2) is 5.30. The van der Waals surface area contributed by atoms with E-state index in [0.29, 0.717) is 5.69 Å². The van der Waals surface area contributed by atoms with E-state index in [1.165, 1.54) is 11.3 Å². The van der Waals surface area contributed by atoms with Crippen LogP contribution in [0.1, 0.15) is 5.69 Å². The van der Waals surface area contributed by atoms with Gasteiger partial charge in [0, 0.05) is 15.2 Å². The summed E-state index contributed by atoms with van der Waals surface area (Å²) in [5.74, 6) is -0.882. The number of carboxylic acid groups (broad SMARTS) is 1. The van der Waals surface area contributed by atoms with Crippen LogP contribution in [0.5, 0.6) is 0 Å². The van der Waals surface area contributed by atoms with E-state index in [-0.39, 0.29) is 6.42 Å². The van der Waals surface area contributed by atoms with Crippen molar-refractivity contribution >= 4 is 44.1 Å². The summed E-state index contributed by atoms with van der Waals surface area (Å²) in [5.41, 5.74) is 2.19. The van der Waals surface area contributed by atoms with Crippen LogP contribution in [-0.2, 0) is 11.2 Å². The number of hydrogen-bond acceptors (Lipinski definition) is 4. The fourth-order valence-corrected chi connectivity index (χ4v) is 3.37. The Morgan fingerprint density at radius 3 is 2.90 bits per heavy atom. The molecular weight excluding hydrogens is 340 g/mol. The van der Waals surface area contributed by atoms with Crippen molar-refractivity contribution in [2.24, 2.45) is 0 Å². The lowest BCUT2D eigenvalue weighted by Crippen LogP contribution is -2.00. The van der Waals surface area contributed by atoms with Gasteiger partial charge in [-0.2, -0.15) is 0 Å². The van der Waals surface area contributed by atoms with Crippen molar-refractivity contribution in [1.82, 2.24) is 9.97 Å². The largest absolute Gasteiger partial charge is 0.481 e. The lowest BCUT2D eigenvalue weighted by Gasteiger charge is -2.03. The number of carboxylic acids is 1. The first-order valence-electron chi connectivity index (χ1n) is 5.85. The number of para-hydroxylation sites is 1. The van der Waals surface area contributed by atoms with E-state index < -0.39 is 5.97 Å². The van der Waals surface area contributed by atoms with Crippen LogP contribution in [0.4, 0.5) is 0 Å². The molecule has 0 aliphatic rings. The van der Waals surface area contributed by atoms with Gasteiger partial charge in [-0.3, -0.25) is 4.79 Å². The van der Waals surface area contributed by atoms with Crippen LogP contribution < -0.4 is 0 Å². The molecule has 2 heterocycles. The third-order valence-electron chi connectivity index (χ3n) is 2.76. The van der Waals surface area contributed by atoms with Crippen LogP contribution in [0.15, 0.2) is 40.2 Å². The SMILES string of the molecule is O=C(O)Cc1csc(-c2nc3ccccc3cc2Br)n1. The molecule has 0 saturated heterocycles. The van der Waals surface area contributed by atoms with Gasteiger partial charge in [-0.15, -0.1) is 11.3 Å². The normalized spacial score (nSPS) is 10.8. The molecule has 0 amide bonds. The van der Waals surface area contributed by atoms with Crippen molar-refractivity contribution in [3.63, 3.8) is 0 Å². The van der Waals surface area contributed by atoms with Crippen LogP contribution in [0.25, 0.3) is 21.6 Å². The number of hydrogen-bond donors (Lipinski definition) is 1. The molecule has 0 spiro atoms. The number of aromatic nitrogens is 2. The Bertz CT molecular complexity index is 801. The molecule has 20 heavy (non-hydrogen) atoms. The average Bonchev–Trinajstić information content (AvgIpc) is 2.85. The molecule has 1 N–H and O–H groups in total. The van der Waals surface area contributed by atoms with Gasteiger partial charge in [0.1, 0.15) is 10.7 Å². The van der Waals surface area contributed by atoms with Crippen molar-refractivity contribution in [1.29, 1.82) is 0 Å². The zero-order valence-corrected chi connectivity index (χ0v) is 12.6. The number of thiazole rings is 1. The Morgan fingerprint density at radius 2 is 2.10 bits per heavy atom. The highest BCUT2D eigenvalue weighted by Gasteiger charge is 2.12. The summed E-state index contributed by atoms with van der Waals surface area (Å²) in [6.45, 7) is 0. The van der Waals surface area contributed by atoms with Gasteiger partial charge in [-0.05, 0) is 28.1 Å². The van der Waals surface area contributed by atoms with Gasteiger partial charge in [-0.25, -0.2) is 9.97 Å². The van der Waals surface area contributed by atoms with E-state index in [9.17, 15) is 4.79 Å². The second-order valence-electron chi connectivity index (χ2n) is 4.23. The summed E-state index contributed by atoms with van der Waals surface area (Å²) in [6, 6.07) is 9.83. The molecule has 3 aromatic rings. The molecule has 6 heteroatoms. The van der Waals surface area contributed by atoms with E-state index in [0.717, 1.165) is 26.1 Å². The van der Waals surface area contributed by atoms with Crippen molar-refractivity contribution in [3.05, 3.63) is 45.9 Å². The zero-order chi connectivity index (χ0) is 14.1. The fourth-order valence-electron chi connectivity index (χ4n) is 1.89. The van der Waals surface area contributed by atoms with Crippen LogP contribution in [-0.4, -0.2) is 21.0 Å². The minimum Gasteiger partial charge on any atom is -0.481 e. The maximum absolute atomic E-state index is 10.7. The first-order valence-corrected chi connectivity index (χ1v) is 7.52. The lowest BCUT2D eigenvalue weighted by atomic mass is 10.2. The number of carbonyl (C=O) groups is 1. The minimum absolute atomic E-state index is 0.0678. The Kier molecular flexibility index (Phi) is 3.50. The summed E-state index contributed by atoms with van der Waals surface area (Å²) in [7, 11) is 0. The molecule has 0 unspecified atom stereocenters. The quantitative estimate of drug-likeness (QED) is 0.782. The summed E-state index contributed by atoms with van der Waals surface area (Å²) >= 11 is 4.90. The first kappa shape index (κ1) is 13.2. The first-order chi connectivity index (χ1) is 9.63. The number of fused-ring (bicyclic) bond motifs is 1. The summed E-state index contributed by atoms with van der Waals surface area (Å²) < 4.78 is 0.854. The third-order valence-corrected chi connectivity index (χ3v) is 4.27. The third kappa shape index (κ3) is 2.57. The van der Waals surface area contributed by atoms with Crippen molar-refractivity contribution in [2.45, 2.75) is 6.42 Å². The van der Waals surface area contributed by atoms with Crippen LogP contribution in [0.2, 0.25) is 0 Å². The van der Waals surface area contributed by atoms with E-state index in [1.807, 2.05) is 30.3 Å².